The van der Waals surface area contributed by atoms with Gasteiger partial charge >= 0.3 is 0 Å². The zero-order valence-corrected chi connectivity index (χ0v) is 16.3. The highest BCUT2D eigenvalue weighted by molar-refractivity contribution is 5.75. The summed E-state index contributed by atoms with van der Waals surface area (Å²) in [6.45, 7) is 1.10. The van der Waals surface area contributed by atoms with E-state index in [1.54, 1.807) is 24.5 Å². The molecule has 5 heteroatoms. The number of aromatic nitrogens is 2. The van der Waals surface area contributed by atoms with Crippen molar-refractivity contribution in [1.82, 2.24) is 14.9 Å². The van der Waals surface area contributed by atoms with Crippen molar-refractivity contribution in [2.75, 3.05) is 11.4 Å². The minimum atomic E-state index is -0.205. The molecule has 1 atom stereocenters. The van der Waals surface area contributed by atoms with Crippen LogP contribution in [-0.4, -0.2) is 21.4 Å². The number of rotatable bonds is 2. The predicted octanol–water partition coefficient (Wildman–Crippen LogP) is 5.40. The molecular formula is C24H23FN4. The van der Waals surface area contributed by atoms with Crippen LogP contribution < -0.4 is 4.90 Å². The van der Waals surface area contributed by atoms with Crippen molar-refractivity contribution in [1.29, 1.82) is 0 Å². The lowest BCUT2D eigenvalue weighted by Gasteiger charge is -2.35. The molecule has 6 rings (SSSR count). The van der Waals surface area contributed by atoms with Gasteiger partial charge in [0.1, 0.15) is 12.0 Å². The third-order valence-electron chi connectivity index (χ3n) is 6.86. The summed E-state index contributed by atoms with van der Waals surface area (Å²) in [5.74, 6) is -0.205. The molecule has 4 nitrogen and oxygen atoms in total. The minimum absolute atomic E-state index is 0.0712. The van der Waals surface area contributed by atoms with E-state index in [2.05, 4.69) is 44.2 Å². The summed E-state index contributed by atoms with van der Waals surface area (Å²) in [6.07, 6.45) is 12.3. The highest BCUT2D eigenvalue weighted by Crippen LogP contribution is 2.54. The van der Waals surface area contributed by atoms with E-state index in [1.807, 2.05) is 12.1 Å². The number of fused-ring (bicyclic) bond motifs is 2. The van der Waals surface area contributed by atoms with Crippen molar-refractivity contribution in [3.8, 4) is 0 Å². The summed E-state index contributed by atoms with van der Waals surface area (Å²) in [4.78, 5) is 13.8. The SMILES string of the molecule is Fc1ccc(N2C=C3CC4(CCCC4)CN3C2c2ccc3nccnc3c2)cc1. The lowest BCUT2D eigenvalue weighted by Crippen LogP contribution is -2.34. The number of halogens is 1. The average Bonchev–Trinajstić information content (AvgIpc) is 3.43. The summed E-state index contributed by atoms with van der Waals surface area (Å²) in [5, 5.41) is 0. The summed E-state index contributed by atoms with van der Waals surface area (Å²) >= 11 is 0. The molecule has 2 fully saturated rings. The normalized spacial score (nSPS) is 22.5. The fourth-order valence-electron chi connectivity index (χ4n) is 5.52. The van der Waals surface area contributed by atoms with Crippen LogP contribution in [0.15, 0.2) is 66.8 Å². The zero-order valence-electron chi connectivity index (χ0n) is 16.3. The lowest BCUT2D eigenvalue weighted by atomic mass is 9.85. The number of hydrogen-bond acceptors (Lipinski definition) is 4. The lowest BCUT2D eigenvalue weighted by molar-refractivity contribution is 0.233. The molecule has 1 saturated heterocycles. The first-order valence-electron chi connectivity index (χ1n) is 10.4. The van der Waals surface area contributed by atoms with Crippen molar-refractivity contribution < 1.29 is 4.39 Å². The average molecular weight is 386 g/mol. The Bertz CT molecular complexity index is 1100. The Kier molecular flexibility index (Phi) is 3.67. The van der Waals surface area contributed by atoms with Crippen molar-refractivity contribution in [3.63, 3.8) is 0 Å². The fourth-order valence-corrected chi connectivity index (χ4v) is 5.52. The molecule has 2 aromatic carbocycles. The van der Waals surface area contributed by atoms with Crippen LogP contribution in [0.1, 0.15) is 43.8 Å². The van der Waals surface area contributed by atoms with Crippen molar-refractivity contribution in [2.24, 2.45) is 5.41 Å². The number of anilines is 1. The van der Waals surface area contributed by atoms with Gasteiger partial charge in [-0.1, -0.05) is 18.9 Å². The molecule has 3 heterocycles. The molecule has 29 heavy (non-hydrogen) atoms. The quantitative estimate of drug-likeness (QED) is 0.591. The maximum atomic E-state index is 13.5. The van der Waals surface area contributed by atoms with Gasteiger partial charge in [0.25, 0.3) is 0 Å². The van der Waals surface area contributed by atoms with Crippen LogP contribution in [-0.2, 0) is 0 Å². The fraction of sp³-hybridized carbons (Fsp3) is 0.333. The van der Waals surface area contributed by atoms with Gasteiger partial charge in [-0.25, -0.2) is 4.39 Å². The third-order valence-corrected chi connectivity index (χ3v) is 6.86. The Morgan fingerprint density at radius 2 is 1.69 bits per heavy atom. The van der Waals surface area contributed by atoms with E-state index in [0.29, 0.717) is 5.41 Å². The first kappa shape index (κ1) is 17.0. The van der Waals surface area contributed by atoms with E-state index >= 15 is 0 Å². The van der Waals surface area contributed by atoms with Gasteiger partial charge in [0.05, 0.1) is 11.0 Å². The molecule has 1 unspecified atom stereocenters. The molecule has 1 saturated carbocycles. The van der Waals surface area contributed by atoms with E-state index in [0.717, 1.165) is 29.7 Å². The molecule has 1 aromatic heterocycles. The molecule has 146 valence electrons. The molecular weight excluding hydrogens is 363 g/mol. The summed E-state index contributed by atoms with van der Waals surface area (Å²) in [5.41, 5.74) is 5.87. The molecule has 0 amide bonds. The van der Waals surface area contributed by atoms with Gasteiger partial charge in [0.2, 0.25) is 0 Å². The van der Waals surface area contributed by atoms with Gasteiger partial charge in [-0.3, -0.25) is 9.97 Å². The van der Waals surface area contributed by atoms with Crippen LogP contribution >= 0.6 is 0 Å². The first-order valence-corrected chi connectivity index (χ1v) is 10.4. The minimum Gasteiger partial charge on any atom is -0.349 e. The topological polar surface area (TPSA) is 32.3 Å². The molecule has 0 N–H and O–H groups in total. The van der Waals surface area contributed by atoms with Crippen LogP contribution in [0.2, 0.25) is 0 Å². The number of benzene rings is 2. The molecule has 0 bridgehead atoms. The first-order chi connectivity index (χ1) is 14.2. The molecule has 0 radical (unpaired) electrons. The van der Waals surface area contributed by atoms with Crippen LogP contribution in [0.5, 0.6) is 0 Å². The van der Waals surface area contributed by atoms with Crippen molar-refractivity contribution in [3.05, 3.63) is 78.1 Å². The van der Waals surface area contributed by atoms with Gasteiger partial charge in [0.15, 0.2) is 0 Å². The number of allylic oxidation sites excluding steroid dienone is 1. The number of hydrogen-bond donors (Lipinski definition) is 0. The van der Waals surface area contributed by atoms with Crippen LogP contribution in [0, 0.1) is 11.2 Å². The smallest absolute Gasteiger partial charge is 0.132 e. The second kappa shape index (κ2) is 6.28. The Morgan fingerprint density at radius 3 is 2.48 bits per heavy atom. The van der Waals surface area contributed by atoms with Crippen LogP contribution in [0.3, 0.4) is 0 Å². The van der Waals surface area contributed by atoms with Gasteiger partial charge < -0.3 is 9.80 Å². The van der Waals surface area contributed by atoms with Crippen LogP contribution in [0.25, 0.3) is 11.0 Å². The Hall–Kier alpha value is -2.95. The summed E-state index contributed by atoms with van der Waals surface area (Å²) < 4.78 is 13.5. The molecule has 3 aromatic rings. The Labute approximate surface area is 169 Å². The zero-order chi connectivity index (χ0) is 19.4. The highest BCUT2D eigenvalue weighted by Gasteiger charge is 2.48. The van der Waals surface area contributed by atoms with Crippen molar-refractivity contribution in [2.45, 2.75) is 38.3 Å². The molecule has 3 aliphatic rings. The van der Waals surface area contributed by atoms with E-state index in [4.69, 9.17) is 0 Å². The van der Waals surface area contributed by atoms with Gasteiger partial charge in [-0.2, -0.15) is 0 Å². The highest BCUT2D eigenvalue weighted by atomic mass is 19.1. The summed E-state index contributed by atoms with van der Waals surface area (Å²) in [6, 6.07) is 13.2. The van der Waals surface area contributed by atoms with E-state index in [-0.39, 0.29) is 12.0 Å². The molecule has 2 aliphatic heterocycles. The van der Waals surface area contributed by atoms with Gasteiger partial charge in [-0.15, -0.1) is 0 Å². The van der Waals surface area contributed by atoms with Crippen molar-refractivity contribution >= 4 is 16.7 Å². The van der Waals surface area contributed by atoms with E-state index < -0.39 is 0 Å². The monoisotopic (exact) mass is 386 g/mol. The predicted molar refractivity (Wildman–Crippen MR) is 111 cm³/mol. The third kappa shape index (κ3) is 2.71. The standard InChI is InChI=1S/C24H23FN4/c25-18-4-6-19(7-5-18)28-15-20-14-24(9-1-2-10-24)16-29(20)23(28)17-3-8-21-22(13-17)27-12-11-26-21/h3-8,11-13,15,23H,1-2,9-10,14,16H2. The van der Waals surface area contributed by atoms with Crippen LogP contribution in [0.4, 0.5) is 10.1 Å². The van der Waals surface area contributed by atoms with Gasteiger partial charge in [-0.05, 0) is 66.6 Å². The Balaban J connectivity index is 1.45. The maximum Gasteiger partial charge on any atom is 0.132 e. The summed E-state index contributed by atoms with van der Waals surface area (Å²) in [7, 11) is 0. The Morgan fingerprint density at radius 1 is 0.931 bits per heavy atom. The second-order valence-corrected chi connectivity index (χ2v) is 8.69. The van der Waals surface area contributed by atoms with E-state index in [9.17, 15) is 4.39 Å². The number of nitrogens with zero attached hydrogens (tertiary/aromatic N) is 4. The molecule has 1 aliphatic carbocycles. The largest absolute Gasteiger partial charge is 0.349 e. The molecule has 1 spiro atoms. The van der Waals surface area contributed by atoms with Gasteiger partial charge in [0, 0.05) is 36.5 Å². The van der Waals surface area contributed by atoms with E-state index in [1.165, 1.54) is 36.9 Å². The second-order valence-electron chi connectivity index (χ2n) is 8.69. The maximum absolute atomic E-state index is 13.5.